The second kappa shape index (κ2) is 5.69. The van der Waals surface area contributed by atoms with E-state index >= 15 is 0 Å². The van der Waals surface area contributed by atoms with Gasteiger partial charge in [0.05, 0.1) is 5.92 Å². The number of carbonyl (C=O) groups is 1. The lowest BCUT2D eigenvalue weighted by atomic mass is 10.1. The molecule has 0 saturated carbocycles. The Morgan fingerprint density at radius 2 is 2.17 bits per heavy atom. The molecule has 0 N–H and O–H groups in total. The summed E-state index contributed by atoms with van der Waals surface area (Å²) in [7, 11) is 0. The van der Waals surface area contributed by atoms with Gasteiger partial charge in [-0.3, -0.25) is 4.79 Å². The summed E-state index contributed by atoms with van der Waals surface area (Å²) < 4.78 is 27.4. The van der Waals surface area contributed by atoms with Crippen LogP contribution < -0.4 is 0 Å². The van der Waals surface area contributed by atoms with Crippen LogP contribution in [-0.4, -0.2) is 12.6 Å². The van der Waals surface area contributed by atoms with Crippen LogP contribution in [0.25, 0.3) is 0 Å². The van der Waals surface area contributed by atoms with E-state index in [4.69, 9.17) is 0 Å². The molecule has 70 valence electrons. The highest BCUT2D eigenvalue weighted by atomic mass is 19.3. The van der Waals surface area contributed by atoms with E-state index in [1.54, 1.807) is 6.92 Å². The van der Waals surface area contributed by atoms with E-state index in [1.165, 1.54) is 0 Å². The Morgan fingerprint density at radius 1 is 1.58 bits per heavy atom. The number of hydrogen-bond acceptors (Lipinski definition) is 2. The Labute approximate surface area is 70.2 Å². The maximum atomic E-state index is 11.4. The smallest absolute Gasteiger partial charge is 0.308 e. The molecule has 0 aliphatic carbocycles. The maximum absolute atomic E-state index is 11.4. The van der Waals surface area contributed by atoms with Gasteiger partial charge in [-0.2, -0.15) is 8.78 Å². The van der Waals surface area contributed by atoms with Crippen LogP contribution in [0.1, 0.15) is 20.3 Å². The van der Waals surface area contributed by atoms with Gasteiger partial charge in [0.1, 0.15) is 6.61 Å². The van der Waals surface area contributed by atoms with Gasteiger partial charge in [0.2, 0.25) is 0 Å². The zero-order valence-electron chi connectivity index (χ0n) is 7.14. The SMILES string of the molecule is CCC(C)C(=O)OCC=C(F)F. The molecule has 0 saturated heterocycles. The first kappa shape index (κ1) is 11.1. The lowest BCUT2D eigenvalue weighted by Crippen LogP contribution is -2.13. The molecule has 0 aromatic heterocycles. The molecule has 1 atom stereocenters. The van der Waals surface area contributed by atoms with Crippen molar-refractivity contribution in [2.75, 3.05) is 6.61 Å². The third kappa shape index (κ3) is 4.82. The Balaban J connectivity index is 3.65. The van der Waals surface area contributed by atoms with Crippen LogP contribution in [0, 0.1) is 5.92 Å². The Bertz CT molecular complexity index is 174. The second-order valence-corrected chi connectivity index (χ2v) is 2.43. The molecule has 0 aliphatic heterocycles. The van der Waals surface area contributed by atoms with Gasteiger partial charge in [-0.1, -0.05) is 13.8 Å². The summed E-state index contributed by atoms with van der Waals surface area (Å²) in [6, 6.07) is 0. The monoisotopic (exact) mass is 178 g/mol. The fourth-order valence-electron chi connectivity index (χ4n) is 0.496. The number of ether oxygens (including phenoxy) is 1. The molecule has 0 aromatic carbocycles. The average molecular weight is 178 g/mol. The summed E-state index contributed by atoms with van der Waals surface area (Å²) in [4.78, 5) is 10.9. The van der Waals surface area contributed by atoms with Crippen molar-refractivity contribution in [1.82, 2.24) is 0 Å². The standard InChI is InChI=1S/C8H12F2O2/c1-3-6(2)8(11)12-5-4-7(9)10/h4,6H,3,5H2,1-2H3. The van der Waals surface area contributed by atoms with E-state index in [0.29, 0.717) is 12.5 Å². The zero-order chi connectivity index (χ0) is 9.56. The molecule has 0 bridgehead atoms. The van der Waals surface area contributed by atoms with E-state index < -0.39 is 12.0 Å². The lowest BCUT2D eigenvalue weighted by Gasteiger charge is -2.06. The van der Waals surface area contributed by atoms with E-state index in [1.807, 2.05) is 6.92 Å². The molecular formula is C8H12F2O2. The van der Waals surface area contributed by atoms with Crippen molar-refractivity contribution in [3.63, 3.8) is 0 Å². The largest absolute Gasteiger partial charge is 0.461 e. The summed E-state index contributed by atoms with van der Waals surface area (Å²) in [6.07, 6.45) is -0.604. The van der Waals surface area contributed by atoms with Crippen molar-refractivity contribution in [2.24, 2.45) is 5.92 Å². The van der Waals surface area contributed by atoms with Gasteiger partial charge in [0.15, 0.2) is 0 Å². The summed E-state index contributed by atoms with van der Waals surface area (Å²) in [5, 5.41) is 0. The number of halogens is 2. The maximum Gasteiger partial charge on any atom is 0.308 e. The number of hydrogen-bond donors (Lipinski definition) is 0. The van der Waals surface area contributed by atoms with Crippen molar-refractivity contribution in [3.05, 3.63) is 12.2 Å². The van der Waals surface area contributed by atoms with E-state index in [0.717, 1.165) is 0 Å². The first-order valence-electron chi connectivity index (χ1n) is 3.75. The van der Waals surface area contributed by atoms with Gasteiger partial charge < -0.3 is 4.74 Å². The number of rotatable bonds is 4. The third-order valence-electron chi connectivity index (χ3n) is 1.48. The molecule has 0 spiro atoms. The van der Waals surface area contributed by atoms with Gasteiger partial charge in [0.25, 0.3) is 6.08 Å². The second-order valence-electron chi connectivity index (χ2n) is 2.43. The Hall–Kier alpha value is -0.930. The van der Waals surface area contributed by atoms with Crippen molar-refractivity contribution in [2.45, 2.75) is 20.3 Å². The van der Waals surface area contributed by atoms with Crippen LogP contribution in [0.15, 0.2) is 12.2 Å². The topological polar surface area (TPSA) is 26.3 Å². The molecule has 1 unspecified atom stereocenters. The minimum Gasteiger partial charge on any atom is -0.461 e. The van der Waals surface area contributed by atoms with Crippen molar-refractivity contribution in [1.29, 1.82) is 0 Å². The number of esters is 1. The average Bonchev–Trinajstić information content (AvgIpc) is 2.02. The van der Waals surface area contributed by atoms with Crippen LogP contribution >= 0.6 is 0 Å². The van der Waals surface area contributed by atoms with Crippen molar-refractivity contribution < 1.29 is 18.3 Å². The highest BCUT2D eigenvalue weighted by molar-refractivity contribution is 5.71. The van der Waals surface area contributed by atoms with Gasteiger partial charge >= 0.3 is 5.97 Å². The third-order valence-corrected chi connectivity index (χ3v) is 1.48. The summed E-state index contributed by atoms with van der Waals surface area (Å²) >= 11 is 0. The van der Waals surface area contributed by atoms with Crippen LogP contribution in [0.5, 0.6) is 0 Å². The molecule has 0 fully saturated rings. The number of carbonyl (C=O) groups excluding carboxylic acids is 1. The highest BCUT2D eigenvalue weighted by Gasteiger charge is 2.10. The summed E-state index contributed by atoms with van der Waals surface area (Å²) in [5.74, 6) is -0.656. The van der Waals surface area contributed by atoms with Crippen molar-refractivity contribution in [3.8, 4) is 0 Å². The van der Waals surface area contributed by atoms with Gasteiger partial charge in [-0.25, -0.2) is 0 Å². The molecule has 0 rings (SSSR count). The fourth-order valence-corrected chi connectivity index (χ4v) is 0.496. The van der Waals surface area contributed by atoms with Crippen LogP contribution in [0.4, 0.5) is 8.78 Å². The molecule has 4 heteroatoms. The molecule has 12 heavy (non-hydrogen) atoms. The first-order chi connectivity index (χ1) is 5.57. The molecular weight excluding hydrogens is 166 g/mol. The molecule has 0 heterocycles. The van der Waals surface area contributed by atoms with Crippen molar-refractivity contribution >= 4 is 5.97 Å². The minimum atomic E-state index is -1.83. The molecule has 2 nitrogen and oxygen atoms in total. The van der Waals surface area contributed by atoms with E-state index in [-0.39, 0.29) is 12.5 Å². The van der Waals surface area contributed by atoms with Gasteiger partial charge in [-0.15, -0.1) is 0 Å². The van der Waals surface area contributed by atoms with Crippen LogP contribution in [-0.2, 0) is 9.53 Å². The van der Waals surface area contributed by atoms with Gasteiger partial charge in [-0.05, 0) is 6.42 Å². The van der Waals surface area contributed by atoms with Crippen LogP contribution in [0.3, 0.4) is 0 Å². The Morgan fingerprint density at radius 3 is 2.58 bits per heavy atom. The fraction of sp³-hybridized carbons (Fsp3) is 0.625. The molecule has 0 amide bonds. The zero-order valence-corrected chi connectivity index (χ0v) is 7.14. The predicted octanol–water partition coefficient (Wildman–Crippen LogP) is 2.36. The predicted molar refractivity (Wildman–Crippen MR) is 40.7 cm³/mol. The minimum absolute atomic E-state index is 0.221. The first-order valence-corrected chi connectivity index (χ1v) is 3.75. The lowest BCUT2D eigenvalue weighted by molar-refractivity contribution is -0.146. The van der Waals surface area contributed by atoms with E-state index in [2.05, 4.69) is 4.74 Å². The van der Waals surface area contributed by atoms with Crippen LogP contribution in [0.2, 0.25) is 0 Å². The molecule has 0 aromatic rings. The summed E-state index contributed by atoms with van der Waals surface area (Å²) in [5.41, 5.74) is 0. The van der Waals surface area contributed by atoms with E-state index in [9.17, 15) is 13.6 Å². The molecule has 0 aliphatic rings. The van der Waals surface area contributed by atoms with Gasteiger partial charge in [0, 0.05) is 6.08 Å². The Kier molecular flexibility index (Phi) is 5.25. The normalized spacial score (nSPS) is 12.0. The summed E-state index contributed by atoms with van der Waals surface area (Å²) in [6.45, 7) is 3.18. The molecule has 0 radical (unpaired) electrons. The highest BCUT2D eigenvalue weighted by Crippen LogP contribution is 2.03. The quantitative estimate of drug-likeness (QED) is 0.617.